The Kier molecular flexibility index (Phi) is 9.17. The summed E-state index contributed by atoms with van der Waals surface area (Å²) >= 11 is 1.53. The number of halogens is 2. The molecular formula is C26H36F2N2O2S2. The molecule has 4 nitrogen and oxygen atoms in total. The first-order valence-electron chi connectivity index (χ1n) is 11.9. The Morgan fingerprint density at radius 2 is 1.62 bits per heavy atom. The Hall–Kier alpha value is -1.48. The molecule has 188 valence electrons. The second-order valence-electron chi connectivity index (χ2n) is 9.99. The first kappa shape index (κ1) is 27.1. The predicted molar refractivity (Wildman–Crippen MR) is 136 cm³/mol. The molecule has 1 heterocycles. The van der Waals surface area contributed by atoms with Gasteiger partial charge < -0.3 is 4.90 Å². The molecule has 0 saturated carbocycles. The molecule has 0 saturated heterocycles. The van der Waals surface area contributed by atoms with Crippen molar-refractivity contribution < 1.29 is 17.2 Å². The Morgan fingerprint density at radius 1 is 0.971 bits per heavy atom. The zero-order valence-corrected chi connectivity index (χ0v) is 22.3. The maximum Gasteiger partial charge on any atom is 0.216 e. The van der Waals surface area contributed by atoms with E-state index in [1.165, 1.54) is 22.1 Å². The summed E-state index contributed by atoms with van der Waals surface area (Å²) in [5.41, 5.74) is 1.55. The van der Waals surface area contributed by atoms with Gasteiger partial charge in [-0.2, -0.15) is 4.31 Å². The number of thioether (sulfide) groups is 1. The highest BCUT2D eigenvalue weighted by Crippen LogP contribution is 2.47. The molecule has 2 unspecified atom stereocenters. The summed E-state index contributed by atoms with van der Waals surface area (Å²) in [6, 6.07) is 11.6. The quantitative estimate of drug-likeness (QED) is 0.375. The van der Waals surface area contributed by atoms with Crippen molar-refractivity contribution in [1.82, 2.24) is 9.21 Å². The topological polar surface area (TPSA) is 40.6 Å². The van der Waals surface area contributed by atoms with Crippen LogP contribution in [0.1, 0.15) is 51.7 Å². The van der Waals surface area contributed by atoms with Crippen molar-refractivity contribution in [2.45, 2.75) is 57.4 Å². The smallest absolute Gasteiger partial charge is 0.216 e. The molecule has 0 radical (unpaired) electrons. The van der Waals surface area contributed by atoms with Gasteiger partial charge in [0.2, 0.25) is 10.0 Å². The van der Waals surface area contributed by atoms with E-state index < -0.39 is 21.7 Å². The largest absolute Gasteiger partial charge is 0.302 e. The van der Waals surface area contributed by atoms with E-state index in [1.54, 1.807) is 0 Å². The molecule has 2 aromatic rings. The van der Waals surface area contributed by atoms with Gasteiger partial charge in [-0.1, -0.05) is 58.9 Å². The van der Waals surface area contributed by atoms with Gasteiger partial charge in [-0.15, -0.1) is 11.8 Å². The third-order valence-corrected chi connectivity index (χ3v) is 9.39. The summed E-state index contributed by atoms with van der Waals surface area (Å²) in [7, 11) is -3.69. The molecular weight excluding hydrogens is 474 g/mol. The van der Waals surface area contributed by atoms with Crippen LogP contribution in [0.4, 0.5) is 8.78 Å². The van der Waals surface area contributed by atoms with E-state index in [0.29, 0.717) is 23.9 Å². The van der Waals surface area contributed by atoms with Crippen LogP contribution in [0.2, 0.25) is 0 Å². The number of fused-ring (bicyclic) bond motifs is 1. The van der Waals surface area contributed by atoms with E-state index >= 15 is 0 Å². The van der Waals surface area contributed by atoms with Crippen LogP contribution < -0.4 is 0 Å². The monoisotopic (exact) mass is 510 g/mol. The minimum Gasteiger partial charge on any atom is -0.302 e. The molecule has 0 bridgehead atoms. The molecule has 34 heavy (non-hydrogen) atoms. The number of nitrogens with zero attached hydrogens (tertiary/aromatic N) is 2. The van der Waals surface area contributed by atoms with Gasteiger partial charge in [0.15, 0.2) is 11.6 Å². The molecule has 2 atom stereocenters. The van der Waals surface area contributed by atoms with Crippen LogP contribution in [0.5, 0.6) is 0 Å². The molecule has 0 aromatic heterocycles. The van der Waals surface area contributed by atoms with Crippen LogP contribution in [0.15, 0.2) is 47.4 Å². The summed E-state index contributed by atoms with van der Waals surface area (Å²) in [4.78, 5) is 3.27. The normalized spacial score (nSPS) is 18.4. The summed E-state index contributed by atoms with van der Waals surface area (Å²) in [6.45, 7) is 12.7. The van der Waals surface area contributed by atoms with Gasteiger partial charge in [-0.25, -0.2) is 17.2 Å². The Balaban J connectivity index is 1.88. The van der Waals surface area contributed by atoms with E-state index in [4.69, 9.17) is 0 Å². The van der Waals surface area contributed by atoms with E-state index in [9.17, 15) is 17.2 Å². The van der Waals surface area contributed by atoms with Crippen LogP contribution in [0.25, 0.3) is 0 Å². The van der Waals surface area contributed by atoms with Crippen LogP contribution in [0, 0.1) is 23.5 Å². The fraction of sp³-hybridized carbons (Fsp3) is 0.538. The van der Waals surface area contributed by atoms with Gasteiger partial charge in [0.25, 0.3) is 0 Å². The fourth-order valence-electron chi connectivity index (χ4n) is 4.47. The first-order valence-corrected chi connectivity index (χ1v) is 14.4. The minimum absolute atomic E-state index is 0.00386. The third kappa shape index (κ3) is 6.80. The second kappa shape index (κ2) is 11.5. The molecule has 0 amide bonds. The number of sulfonamides is 1. The average Bonchev–Trinajstić information content (AvgIpc) is 3.08. The van der Waals surface area contributed by atoms with E-state index in [1.807, 2.05) is 31.2 Å². The van der Waals surface area contributed by atoms with Gasteiger partial charge in [0.1, 0.15) is 0 Å². The van der Waals surface area contributed by atoms with E-state index in [-0.39, 0.29) is 23.6 Å². The van der Waals surface area contributed by atoms with Crippen LogP contribution in [-0.4, -0.2) is 48.4 Å². The zero-order valence-electron chi connectivity index (χ0n) is 20.7. The molecule has 0 spiro atoms. The van der Waals surface area contributed by atoms with Crippen LogP contribution >= 0.6 is 11.8 Å². The highest BCUT2D eigenvalue weighted by Gasteiger charge is 2.40. The number of benzene rings is 2. The molecule has 2 aromatic carbocycles. The second-order valence-corrected chi connectivity index (χ2v) is 13.2. The van der Waals surface area contributed by atoms with Crippen LogP contribution in [0.3, 0.4) is 0 Å². The van der Waals surface area contributed by atoms with Crippen molar-refractivity contribution in [1.29, 1.82) is 0 Å². The van der Waals surface area contributed by atoms with Crippen molar-refractivity contribution in [2.24, 2.45) is 11.8 Å². The standard InChI is InChI=1S/C26H36F2N2O2S2/c1-18(2)15-29(16-19(3)4)12-13-34(31,32)30(17-21-10-11-23(27)24(28)14-21)26-20(5)22-8-6-7-9-25(22)33-26/h6-11,14,18-20,26H,12-13,15-17H2,1-5H3. The Labute approximate surface area is 207 Å². The highest BCUT2D eigenvalue weighted by atomic mass is 32.2. The lowest BCUT2D eigenvalue weighted by Gasteiger charge is -2.32. The maximum atomic E-state index is 13.9. The molecule has 3 rings (SSSR count). The molecule has 0 N–H and O–H groups in total. The number of hydrogen-bond acceptors (Lipinski definition) is 4. The van der Waals surface area contributed by atoms with Crippen molar-refractivity contribution in [3.8, 4) is 0 Å². The maximum absolute atomic E-state index is 13.9. The average molecular weight is 511 g/mol. The van der Waals surface area contributed by atoms with Gasteiger partial charge in [-0.05, 0) is 41.2 Å². The Bertz CT molecular complexity index is 1070. The SMILES string of the molecule is CC(C)CN(CCS(=O)(=O)N(Cc1ccc(F)c(F)c1)C1Sc2ccccc2C1C)CC(C)C. The molecule has 0 fully saturated rings. The van der Waals surface area contributed by atoms with E-state index in [2.05, 4.69) is 32.6 Å². The van der Waals surface area contributed by atoms with Gasteiger partial charge in [0.05, 0.1) is 11.1 Å². The van der Waals surface area contributed by atoms with Gasteiger partial charge in [-0.3, -0.25) is 0 Å². The van der Waals surface area contributed by atoms with Crippen molar-refractivity contribution in [3.05, 3.63) is 65.2 Å². The summed E-state index contributed by atoms with van der Waals surface area (Å²) in [6.07, 6.45) is 0. The molecule has 1 aliphatic rings. The first-order chi connectivity index (χ1) is 16.0. The fourth-order valence-corrected chi connectivity index (χ4v) is 7.92. The summed E-state index contributed by atoms with van der Waals surface area (Å²) < 4.78 is 56.5. The lowest BCUT2D eigenvalue weighted by molar-refractivity contribution is 0.229. The van der Waals surface area contributed by atoms with Crippen molar-refractivity contribution >= 4 is 21.8 Å². The molecule has 1 aliphatic heterocycles. The lowest BCUT2D eigenvalue weighted by atomic mass is 10.0. The molecule has 8 heteroatoms. The lowest BCUT2D eigenvalue weighted by Crippen LogP contribution is -2.44. The number of rotatable bonds is 11. The van der Waals surface area contributed by atoms with Gasteiger partial charge >= 0.3 is 0 Å². The van der Waals surface area contributed by atoms with Crippen molar-refractivity contribution in [3.63, 3.8) is 0 Å². The molecule has 0 aliphatic carbocycles. The number of hydrogen-bond donors (Lipinski definition) is 0. The summed E-state index contributed by atoms with van der Waals surface area (Å²) in [5, 5.41) is -0.348. The van der Waals surface area contributed by atoms with E-state index in [0.717, 1.165) is 35.7 Å². The minimum atomic E-state index is -3.69. The predicted octanol–water partition coefficient (Wildman–Crippen LogP) is 5.95. The zero-order chi connectivity index (χ0) is 25.0. The van der Waals surface area contributed by atoms with Crippen molar-refractivity contribution in [2.75, 3.05) is 25.4 Å². The third-order valence-electron chi connectivity index (χ3n) is 5.96. The highest BCUT2D eigenvalue weighted by molar-refractivity contribution is 8.01. The van der Waals surface area contributed by atoms with Crippen LogP contribution in [-0.2, 0) is 16.6 Å². The van der Waals surface area contributed by atoms with Gasteiger partial charge in [0, 0.05) is 37.0 Å². The summed E-state index contributed by atoms with van der Waals surface area (Å²) in [5.74, 6) is -1.09. The Morgan fingerprint density at radius 3 is 2.21 bits per heavy atom.